The van der Waals surface area contributed by atoms with E-state index in [2.05, 4.69) is 0 Å². The van der Waals surface area contributed by atoms with Crippen LogP contribution in [0.3, 0.4) is 0 Å². The molecule has 1 aliphatic rings. The van der Waals surface area contributed by atoms with Crippen molar-refractivity contribution in [2.45, 2.75) is 26.4 Å². The van der Waals surface area contributed by atoms with Crippen LogP contribution in [0.2, 0.25) is 0 Å². The van der Waals surface area contributed by atoms with E-state index in [4.69, 9.17) is 14.2 Å². The summed E-state index contributed by atoms with van der Waals surface area (Å²) < 4.78 is 17.1. The molecule has 0 amide bonds. The van der Waals surface area contributed by atoms with Crippen molar-refractivity contribution < 1.29 is 28.7 Å². The second-order valence-corrected chi connectivity index (χ2v) is 8.97. The highest BCUT2D eigenvalue weighted by atomic mass is 16.6. The summed E-state index contributed by atoms with van der Waals surface area (Å²) in [7, 11) is 0. The van der Waals surface area contributed by atoms with Crippen LogP contribution >= 0.6 is 0 Å². The maximum absolute atomic E-state index is 12.6. The van der Waals surface area contributed by atoms with Gasteiger partial charge in [0.05, 0.1) is 22.2 Å². The molecule has 0 saturated carbocycles. The second kappa shape index (κ2) is 12.0. The van der Waals surface area contributed by atoms with Gasteiger partial charge in [-0.2, -0.15) is 0 Å². The standard InChI is InChI=1S/C30H27NO7/c1-20(2)38-28-14-13-25(31(34)35)17-27(28)26-16-21(18-36-29(32)22-9-5-3-6-10-22)15-24(26)19-37-30(33)23-11-7-4-8-12-23/h3-15,17,20H,16,18-19H2,1-2H3. The molecule has 3 aromatic carbocycles. The average molecular weight is 514 g/mol. The maximum atomic E-state index is 12.6. The first-order chi connectivity index (χ1) is 18.3. The minimum absolute atomic E-state index is 0.0165. The average Bonchev–Trinajstić information content (AvgIpc) is 3.34. The van der Waals surface area contributed by atoms with Crippen LogP contribution in [0.5, 0.6) is 5.75 Å². The Balaban J connectivity index is 1.62. The fraction of sp³-hybridized carbons (Fsp3) is 0.200. The van der Waals surface area contributed by atoms with Crippen molar-refractivity contribution in [1.29, 1.82) is 0 Å². The fourth-order valence-electron chi connectivity index (χ4n) is 4.06. The van der Waals surface area contributed by atoms with Crippen LogP contribution in [-0.2, 0) is 9.47 Å². The fourth-order valence-corrected chi connectivity index (χ4v) is 4.06. The van der Waals surface area contributed by atoms with Crippen molar-refractivity contribution in [3.63, 3.8) is 0 Å². The van der Waals surface area contributed by atoms with Crippen LogP contribution < -0.4 is 4.74 Å². The van der Waals surface area contributed by atoms with E-state index in [1.165, 1.54) is 12.1 Å². The molecule has 0 N–H and O–H groups in total. The van der Waals surface area contributed by atoms with Gasteiger partial charge in [-0.05, 0) is 67.3 Å². The van der Waals surface area contributed by atoms with Crippen LogP contribution in [0, 0.1) is 10.1 Å². The normalized spacial score (nSPS) is 12.8. The third-order valence-electron chi connectivity index (χ3n) is 5.80. The molecule has 0 aromatic heterocycles. The van der Waals surface area contributed by atoms with E-state index in [1.807, 2.05) is 26.0 Å². The smallest absolute Gasteiger partial charge is 0.338 e. The van der Waals surface area contributed by atoms with Gasteiger partial charge in [-0.15, -0.1) is 0 Å². The summed E-state index contributed by atoms with van der Waals surface area (Å²) in [5, 5.41) is 11.5. The molecule has 0 bridgehead atoms. The highest BCUT2D eigenvalue weighted by molar-refractivity contribution is 5.90. The van der Waals surface area contributed by atoms with Crippen molar-refractivity contribution >= 4 is 23.2 Å². The van der Waals surface area contributed by atoms with E-state index in [-0.39, 0.29) is 25.0 Å². The molecule has 8 nitrogen and oxygen atoms in total. The first-order valence-corrected chi connectivity index (χ1v) is 12.1. The van der Waals surface area contributed by atoms with E-state index < -0.39 is 16.9 Å². The minimum atomic E-state index is -0.493. The largest absolute Gasteiger partial charge is 0.490 e. The Kier molecular flexibility index (Phi) is 8.33. The summed E-state index contributed by atoms with van der Waals surface area (Å²) in [4.78, 5) is 36.2. The van der Waals surface area contributed by atoms with Gasteiger partial charge in [0.25, 0.3) is 5.69 Å². The van der Waals surface area contributed by atoms with E-state index in [0.717, 1.165) is 5.57 Å². The van der Waals surface area contributed by atoms with Crippen molar-refractivity contribution in [2.24, 2.45) is 0 Å². The lowest BCUT2D eigenvalue weighted by molar-refractivity contribution is -0.384. The van der Waals surface area contributed by atoms with Crippen molar-refractivity contribution in [2.75, 3.05) is 13.2 Å². The lowest BCUT2D eigenvalue weighted by Crippen LogP contribution is -2.09. The monoisotopic (exact) mass is 513 g/mol. The van der Waals surface area contributed by atoms with E-state index in [9.17, 15) is 19.7 Å². The number of nitrogens with zero attached hydrogens (tertiary/aromatic N) is 1. The van der Waals surface area contributed by atoms with Crippen molar-refractivity contribution in [3.05, 3.63) is 123 Å². The maximum Gasteiger partial charge on any atom is 0.338 e. The number of hydrogen-bond acceptors (Lipinski definition) is 7. The lowest BCUT2D eigenvalue weighted by Gasteiger charge is -2.17. The second-order valence-electron chi connectivity index (χ2n) is 8.97. The molecule has 0 unspecified atom stereocenters. The Bertz CT molecular complexity index is 1390. The zero-order chi connectivity index (χ0) is 27.1. The number of nitro benzene ring substituents is 1. The predicted molar refractivity (Wildman–Crippen MR) is 142 cm³/mol. The Morgan fingerprint density at radius 3 is 2.00 bits per heavy atom. The summed E-state index contributed by atoms with van der Waals surface area (Å²) in [5.74, 6) is -0.480. The van der Waals surface area contributed by atoms with Crippen LogP contribution in [0.25, 0.3) is 5.57 Å². The van der Waals surface area contributed by atoms with Crippen LogP contribution in [0.15, 0.2) is 96.1 Å². The van der Waals surface area contributed by atoms with Gasteiger partial charge < -0.3 is 14.2 Å². The molecule has 8 heteroatoms. The number of carbonyl (C=O) groups excluding carboxylic acids is 2. The molecule has 0 fully saturated rings. The van der Waals surface area contributed by atoms with Crippen molar-refractivity contribution in [3.8, 4) is 5.75 Å². The molecule has 0 spiro atoms. The van der Waals surface area contributed by atoms with Crippen LogP contribution in [-0.4, -0.2) is 36.2 Å². The third-order valence-corrected chi connectivity index (χ3v) is 5.80. The van der Waals surface area contributed by atoms with Crippen LogP contribution in [0.1, 0.15) is 46.5 Å². The number of ether oxygens (including phenoxy) is 3. The molecule has 0 atom stereocenters. The number of nitro groups is 1. The number of benzene rings is 3. The first-order valence-electron chi connectivity index (χ1n) is 12.1. The van der Waals surface area contributed by atoms with Gasteiger partial charge in [-0.1, -0.05) is 42.5 Å². The number of non-ortho nitro benzene ring substituents is 1. The van der Waals surface area contributed by atoms with Gasteiger partial charge in [-0.3, -0.25) is 10.1 Å². The number of hydrogen-bond donors (Lipinski definition) is 0. The number of rotatable bonds is 10. The summed E-state index contributed by atoms with van der Waals surface area (Å²) in [6, 6.07) is 21.7. The summed E-state index contributed by atoms with van der Waals surface area (Å²) in [6.45, 7) is 3.68. The van der Waals surface area contributed by atoms with Gasteiger partial charge >= 0.3 is 11.9 Å². The highest BCUT2D eigenvalue weighted by Gasteiger charge is 2.25. The molecular weight excluding hydrogens is 486 g/mol. The summed E-state index contributed by atoms with van der Waals surface area (Å²) >= 11 is 0. The summed E-state index contributed by atoms with van der Waals surface area (Å²) in [5.41, 5.74) is 3.39. The first kappa shape index (κ1) is 26.3. The molecule has 3 aromatic rings. The number of esters is 2. The van der Waals surface area contributed by atoms with E-state index in [1.54, 1.807) is 60.7 Å². The molecule has 0 aliphatic heterocycles. The van der Waals surface area contributed by atoms with E-state index in [0.29, 0.717) is 40.0 Å². The molecule has 0 heterocycles. The molecule has 4 rings (SSSR count). The molecule has 194 valence electrons. The number of carbonyl (C=O) groups is 2. The van der Waals surface area contributed by atoms with Crippen LogP contribution in [0.4, 0.5) is 5.69 Å². The Morgan fingerprint density at radius 1 is 0.868 bits per heavy atom. The minimum Gasteiger partial charge on any atom is -0.490 e. The highest BCUT2D eigenvalue weighted by Crippen LogP contribution is 2.40. The summed E-state index contributed by atoms with van der Waals surface area (Å²) in [6.07, 6.45) is 1.98. The van der Waals surface area contributed by atoms with Crippen molar-refractivity contribution in [1.82, 2.24) is 0 Å². The zero-order valence-corrected chi connectivity index (χ0v) is 21.1. The van der Waals surface area contributed by atoms with Gasteiger partial charge in [0.15, 0.2) is 0 Å². The lowest BCUT2D eigenvalue weighted by atomic mass is 9.98. The zero-order valence-electron chi connectivity index (χ0n) is 21.1. The van der Waals surface area contributed by atoms with Gasteiger partial charge in [0, 0.05) is 17.7 Å². The Hall–Kier alpha value is -4.72. The quantitative estimate of drug-likeness (QED) is 0.181. The third kappa shape index (κ3) is 6.53. The van der Waals surface area contributed by atoms with Gasteiger partial charge in [0.2, 0.25) is 0 Å². The number of allylic oxidation sites excluding steroid dienone is 1. The SMILES string of the molecule is CC(C)Oc1ccc([N+](=O)[O-])cc1C1=C(COC(=O)c2ccccc2)C=C(COC(=O)c2ccccc2)C1. The molecule has 38 heavy (non-hydrogen) atoms. The molecule has 1 aliphatic carbocycles. The molecule has 0 radical (unpaired) electrons. The van der Waals surface area contributed by atoms with Gasteiger partial charge in [0.1, 0.15) is 19.0 Å². The van der Waals surface area contributed by atoms with E-state index >= 15 is 0 Å². The molecule has 0 saturated heterocycles. The van der Waals surface area contributed by atoms with Gasteiger partial charge in [-0.25, -0.2) is 9.59 Å². The Labute approximate surface area is 220 Å². The topological polar surface area (TPSA) is 105 Å². The molecular formula is C30H27NO7. The Morgan fingerprint density at radius 2 is 1.45 bits per heavy atom. The predicted octanol–water partition coefficient (Wildman–Crippen LogP) is 6.18.